The molecule has 0 saturated carbocycles. The lowest BCUT2D eigenvalue weighted by Gasteiger charge is -2.38. The van der Waals surface area contributed by atoms with E-state index in [1.54, 1.807) is 12.1 Å². The van der Waals surface area contributed by atoms with Crippen molar-refractivity contribution in [2.75, 3.05) is 19.6 Å². The third-order valence-corrected chi connectivity index (χ3v) is 3.97. The molecule has 2 nitrogen and oxygen atoms in total. The van der Waals surface area contributed by atoms with Gasteiger partial charge in [-0.3, -0.25) is 0 Å². The fourth-order valence-electron chi connectivity index (χ4n) is 2.54. The van der Waals surface area contributed by atoms with Gasteiger partial charge in [0.25, 0.3) is 0 Å². The first-order chi connectivity index (χ1) is 8.55. The number of hydrogen-bond acceptors (Lipinski definition) is 2. The van der Waals surface area contributed by atoms with Crippen LogP contribution in [0.2, 0.25) is 5.02 Å². The van der Waals surface area contributed by atoms with E-state index in [9.17, 15) is 9.50 Å². The number of likely N-dealkylation sites (tertiary alicyclic amines) is 1. The quantitative estimate of drug-likeness (QED) is 0.913. The van der Waals surface area contributed by atoms with E-state index in [2.05, 4.69) is 11.8 Å². The molecule has 0 aromatic heterocycles. The molecule has 0 spiro atoms. The molecule has 2 rings (SSSR count). The average Bonchev–Trinajstić information content (AvgIpc) is 2.36. The molecule has 0 bridgehead atoms. The predicted octanol–water partition coefficient (Wildman–Crippen LogP) is 3.17. The van der Waals surface area contributed by atoms with E-state index >= 15 is 0 Å². The molecule has 1 aromatic rings. The van der Waals surface area contributed by atoms with Crippen LogP contribution in [0.5, 0.6) is 0 Å². The smallest absolute Gasteiger partial charge is 0.141 e. The molecule has 0 atom stereocenters. The first-order valence-electron chi connectivity index (χ1n) is 6.45. The van der Waals surface area contributed by atoms with Gasteiger partial charge >= 0.3 is 0 Å². The number of benzene rings is 1. The van der Waals surface area contributed by atoms with Crippen LogP contribution >= 0.6 is 11.6 Å². The van der Waals surface area contributed by atoms with Crippen molar-refractivity contribution in [3.05, 3.63) is 34.6 Å². The Labute approximate surface area is 112 Å². The summed E-state index contributed by atoms with van der Waals surface area (Å²) >= 11 is 5.78. The summed E-state index contributed by atoms with van der Waals surface area (Å²) in [5.74, 6) is -0.438. The highest BCUT2D eigenvalue weighted by Crippen LogP contribution is 2.34. The van der Waals surface area contributed by atoms with Gasteiger partial charge in [0.15, 0.2) is 0 Å². The number of hydrogen-bond donors (Lipinski definition) is 1. The second kappa shape index (κ2) is 5.55. The van der Waals surface area contributed by atoms with Gasteiger partial charge in [0.05, 0.1) is 10.6 Å². The van der Waals surface area contributed by atoms with E-state index in [0.29, 0.717) is 12.8 Å². The van der Waals surface area contributed by atoms with Crippen molar-refractivity contribution in [1.29, 1.82) is 0 Å². The fraction of sp³-hybridized carbons (Fsp3) is 0.571. The predicted molar refractivity (Wildman–Crippen MR) is 71.3 cm³/mol. The van der Waals surface area contributed by atoms with E-state index < -0.39 is 11.4 Å². The van der Waals surface area contributed by atoms with Gasteiger partial charge in [-0.2, -0.15) is 0 Å². The van der Waals surface area contributed by atoms with Gasteiger partial charge in [-0.1, -0.05) is 24.6 Å². The van der Waals surface area contributed by atoms with Crippen LogP contribution in [0.1, 0.15) is 31.7 Å². The molecule has 0 radical (unpaired) electrons. The van der Waals surface area contributed by atoms with Gasteiger partial charge in [0, 0.05) is 13.1 Å². The van der Waals surface area contributed by atoms with Crippen molar-refractivity contribution in [2.24, 2.45) is 0 Å². The molecule has 4 heteroatoms. The van der Waals surface area contributed by atoms with E-state index in [-0.39, 0.29) is 5.02 Å². The molecule has 1 saturated heterocycles. The topological polar surface area (TPSA) is 23.5 Å². The van der Waals surface area contributed by atoms with Gasteiger partial charge < -0.3 is 10.0 Å². The van der Waals surface area contributed by atoms with Gasteiger partial charge in [-0.15, -0.1) is 0 Å². The molecule has 1 aliphatic heterocycles. The highest BCUT2D eigenvalue weighted by atomic mass is 35.5. The molecule has 100 valence electrons. The largest absolute Gasteiger partial charge is 0.385 e. The van der Waals surface area contributed by atoms with Crippen LogP contribution in [-0.4, -0.2) is 29.6 Å². The van der Waals surface area contributed by atoms with Crippen molar-refractivity contribution in [3.63, 3.8) is 0 Å². The van der Waals surface area contributed by atoms with E-state index in [1.165, 1.54) is 6.07 Å². The Morgan fingerprint density at radius 1 is 1.39 bits per heavy atom. The zero-order valence-electron chi connectivity index (χ0n) is 10.6. The Kier molecular flexibility index (Phi) is 4.25. The minimum Gasteiger partial charge on any atom is -0.385 e. The zero-order valence-corrected chi connectivity index (χ0v) is 11.4. The maximum absolute atomic E-state index is 13.1. The molecule has 0 unspecified atom stereocenters. The number of rotatable bonds is 3. The summed E-state index contributed by atoms with van der Waals surface area (Å²) in [7, 11) is 0. The van der Waals surface area contributed by atoms with Crippen LogP contribution in [-0.2, 0) is 5.60 Å². The van der Waals surface area contributed by atoms with Crippen LogP contribution in [0.25, 0.3) is 0 Å². The number of piperidine rings is 1. The third kappa shape index (κ3) is 2.85. The average molecular weight is 272 g/mol. The molecule has 1 aromatic carbocycles. The van der Waals surface area contributed by atoms with Crippen molar-refractivity contribution >= 4 is 11.6 Å². The van der Waals surface area contributed by atoms with E-state index in [0.717, 1.165) is 31.6 Å². The van der Waals surface area contributed by atoms with Crippen molar-refractivity contribution in [3.8, 4) is 0 Å². The lowest BCUT2D eigenvalue weighted by Crippen LogP contribution is -2.42. The molecule has 1 heterocycles. The minimum atomic E-state index is -0.860. The van der Waals surface area contributed by atoms with E-state index in [1.807, 2.05) is 0 Å². The summed E-state index contributed by atoms with van der Waals surface area (Å²) in [5, 5.41) is 10.7. The second-order valence-corrected chi connectivity index (χ2v) is 5.41. The summed E-state index contributed by atoms with van der Waals surface area (Å²) in [4.78, 5) is 2.35. The first kappa shape index (κ1) is 13.8. The maximum Gasteiger partial charge on any atom is 0.141 e. The zero-order chi connectivity index (χ0) is 13.2. The third-order valence-electron chi connectivity index (χ3n) is 3.68. The Balaban J connectivity index is 2.10. The van der Waals surface area contributed by atoms with Gasteiger partial charge in [-0.25, -0.2) is 4.39 Å². The number of aliphatic hydroxyl groups is 1. The SMILES string of the molecule is CCCN1CCC(O)(c2ccc(F)c(Cl)c2)CC1. The number of halogens is 2. The summed E-state index contributed by atoms with van der Waals surface area (Å²) < 4.78 is 13.1. The highest BCUT2D eigenvalue weighted by molar-refractivity contribution is 6.30. The Morgan fingerprint density at radius 2 is 2.06 bits per heavy atom. The van der Waals surface area contributed by atoms with E-state index in [4.69, 9.17) is 11.6 Å². The molecule has 1 N–H and O–H groups in total. The highest BCUT2D eigenvalue weighted by Gasteiger charge is 2.34. The lowest BCUT2D eigenvalue weighted by molar-refractivity contribution is -0.0258. The van der Waals surface area contributed by atoms with Crippen LogP contribution in [0.4, 0.5) is 4.39 Å². The monoisotopic (exact) mass is 271 g/mol. The summed E-state index contributed by atoms with van der Waals surface area (Å²) in [6, 6.07) is 4.51. The van der Waals surface area contributed by atoms with Gasteiger partial charge in [-0.05, 0) is 43.5 Å². The van der Waals surface area contributed by atoms with Gasteiger partial charge in [0.2, 0.25) is 0 Å². The Morgan fingerprint density at radius 3 is 2.61 bits per heavy atom. The summed E-state index contributed by atoms with van der Waals surface area (Å²) in [5.41, 5.74) is -0.133. The standard InChI is InChI=1S/C14H19ClFNO/c1-2-7-17-8-5-14(18,6-9-17)11-3-4-13(16)12(15)10-11/h3-4,10,18H,2,5-9H2,1H3. The number of nitrogens with zero attached hydrogens (tertiary/aromatic N) is 1. The molecular weight excluding hydrogens is 253 g/mol. The molecule has 1 fully saturated rings. The molecule has 18 heavy (non-hydrogen) atoms. The summed E-state index contributed by atoms with van der Waals surface area (Å²) in [6.07, 6.45) is 2.48. The van der Waals surface area contributed by atoms with Crippen molar-refractivity contribution in [2.45, 2.75) is 31.8 Å². The molecule has 0 amide bonds. The van der Waals surface area contributed by atoms with Crippen LogP contribution < -0.4 is 0 Å². The fourth-order valence-corrected chi connectivity index (χ4v) is 2.72. The Bertz CT molecular complexity index is 416. The van der Waals surface area contributed by atoms with Gasteiger partial charge in [0.1, 0.15) is 5.82 Å². The maximum atomic E-state index is 13.1. The molecular formula is C14H19ClFNO. The van der Waals surface area contributed by atoms with Crippen molar-refractivity contribution < 1.29 is 9.50 Å². The normalized spacial score (nSPS) is 20.0. The van der Waals surface area contributed by atoms with Crippen LogP contribution in [0.15, 0.2) is 18.2 Å². The second-order valence-electron chi connectivity index (χ2n) is 5.00. The molecule has 0 aliphatic carbocycles. The molecule has 1 aliphatic rings. The van der Waals surface area contributed by atoms with Crippen LogP contribution in [0, 0.1) is 5.82 Å². The van der Waals surface area contributed by atoms with Crippen molar-refractivity contribution in [1.82, 2.24) is 4.90 Å². The van der Waals surface area contributed by atoms with Crippen LogP contribution in [0.3, 0.4) is 0 Å². The minimum absolute atomic E-state index is 0.0805. The lowest BCUT2D eigenvalue weighted by atomic mass is 9.84. The Hall–Kier alpha value is -0.640. The summed E-state index contributed by atoms with van der Waals surface area (Å²) in [6.45, 7) is 4.97. The first-order valence-corrected chi connectivity index (χ1v) is 6.83.